The van der Waals surface area contributed by atoms with Gasteiger partial charge in [-0.2, -0.15) is 9.97 Å². The third-order valence-corrected chi connectivity index (χ3v) is 14.6. The number of pyridine rings is 1. The van der Waals surface area contributed by atoms with Crippen molar-refractivity contribution in [2.24, 2.45) is 0 Å². The van der Waals surface area contributed by atoms with Gasteiger partial charge in [0.2, 0.25) is 0 Å². The molecule has 4 aromatic rings. The van der Waals surface area contributed by atoms with Crippen LogP contribution in [0.2, 0.25) is 0 Å². The highest BCUT2D eigenvalue weighted by Gasteiger charge is 2.49. The summed E-state index contributed by atoms with van der Waals surface area (Å²) in [4.78, 5) is 18.3. The summed E-state index contributed by atoms with van der Waals surface area (Å²) in [7, 11) is 0. The van der Waals surface area contributed by atoms with Crippen LogP contribution in [0.3, 0.4) is 0 Å². The minimum Gasteiger partial charge on any atom is -0.508 e. The smallest absolute Gasteiger partial charge is 0.319 e. The molecule has 2 N–H and O–H groups in total. The standard InChI is InChI=1S/C33H30F3I2N6O2PS/c34-19-12-33(7-1-8-44(33)14-19)17-46-32-41-30-25(31(42-32)43-15-20-3-4-21(16-43)40-20)13-39-29(28(30)36)24-11-22(45)10-18-2-5-26(35)23(27(18)24)6-9-48-47(37)38/h2,5,10-11,13,19-21,40,45H,1,3-4,7-8,12,14-17H2/t19-,20?,21?,33+/m1/s1. The van der Waals surface area contributed by atoms with Gasteiger partial charge in [0.1, 0.15) is 41.4 Å². The van der Waals surface area contributed by atoms with Crippen molar-refractivity contribution in [3.8, 4) is 34.2 Å². The molecular formula is C33H30F3I2N6O2PS. The Balaban J connectivity index is 1.27. The Hall–Kier alpha value is -1.90. The summed E-state index contributed by atoms with van der Waals surface area (Å²) >= 11 is 5.95. The van der Waals surface area contributed by atoms with Gasteiger partial charge in [-0.25, -0.2) is 13.2 Å². The average Bonchev–Trinajstić information content (AvgIpc) is 3.70. The quantitative estimate of drug-likeness (QED) is 0.114. The molecule has 2 aromatic carbocycles. The molecule has 0 spiro atoms. The fraction of sp³-hybridized carbons (Fsp3) is 0.424. The van der Waals surface area contributed by atoms with Crippen LogP contribution in [-0.2, 0) is 0 Å². The number of phenols is 1. The number of fused-ring (bicyclic) bond motifs is 5. The first-order valence-corrected chi connectivity index (χ1v) is 24.2. The van der Waals surface area contributed by atoms with Gasteiger partial charge in [-0.3, -0.25) is 9.88 Å². The predicted molar refractivity (Wildman–Crippen MR) is 202 cm³/mol. The lowest BCUT2D eigenvalue weighted by Gasteiger charge is -2.34. The molecule has 6 heterocycles. The molecule has 250 valence electrons. The lowest BCUT2D eigenvalue weighted by molar-refractivity contribution is 0.107. The highest BCUT2D eigenvalue weighted by atomic mass is 127. The van der Waals surface area contributed by atoms with Crippen molar-refractivity contribution in [2.45, 2.75) is 55.9 Å². The fourth-order valence-corrected chi connectivity index (χ4v) is 10.3. The van der Waals surface area contributed by atoms with Crippen LogP contribution in [0.15, 0.2) is 30.5 Å². The molecule has 2 bridgehead atoms. The number of phenolic OH excluding ortho intramolecular Hbond substituents is 1. The number of hydrogen-bond acceptors (Lipinski definition) is 9. The number of hydrogen-bond donors (Lipinski definition) is 2. The molecule has 0 saturated carbocycles. The lowest BCUT2D eigenvalue weighted by Crippen LogP contribution is -2.51. The van der Waals surface area contributed by atoms with E-state index in [1.807, 2.05) is 0 Å². The molecule has 4 saturated heterocycles. The van der Waals surface area contributed by atoms with E-state index < -0.39 is 25.8 Å². The van der Waals surface area contributed by atoms with Gasteiger partial charge in [-0.05, 0) is 117 Å². The maximum atomic E-state index is 17.0. The van der Waals surface area contributed by atoms with Crippen molar-refractivity contribution >= 4 is 85.4 Å². The van der Waals surface area contributed by atoms with E-state index in [4.69, 9.17) is 9.72 Å². The average molecular weight is 916 g/mol. The zero-order valence-electron chi connectivity index (χ0n) is 25.5. The van der Waals surface area contributed by atoms with Crippen LogP contribution in [0.4, 0.5) is 19.0 Å². The maximum absolute atomic E-state index is 17.0. The largest absolute Gasteiger partial charge is 0.508 e. The second kappa shape index (κ2) is 13.3. The van der Waals surface area contributed by atoms with Crippen molar-refractivity contribution in [1.29, 1.82) is 0 Å². The molecule has 4 fully saturated rings. The number of nitrogens with zero attached hydrogens (tertiary/aromatic N) is 5. The Morgan fingerprint density at radius 1 is 1.15 bits per heavy atom. The van der Waals surface area contributed by atoms with Crippen LogP contribution in [0.25, 0.3) is 32.9 Å². The number of aromatic nitrogens is 3. The zero-order chi connectivity index (χ0) is 33.2. The van der Waals surface area contributed by atoms with Crippen LogP contribution in [-0.4, -0.2) is 81.5 Å². The van der Waals surface area contributed by atoms with Crippen molar-refractivity contribution in [2.75, 3.05) is 37.7 Å². The second-order valence-corrected chi connectivity index (χ2v) is 30.6. The van der Waals surface area contributed by atoms with Gasteiger partial charge in [0.25, 0.3) is 0 Å². The molecule has 0 aliphatic carbocycles. The Labute approximate surface area is 306 Å². The molecule has 8 nitrogen and oxygen atoms in total. The number of alkyl halides is 1. The predicted octanol–water partition coefficient (Wildman–Crippen LogP) is 7.86. The van der Waals surface area contributed by atoms with Gasteiger partial charge in [-0.1, -0.05) is 12.0 Å². The first-order chi connectivity index (χ1) is 23.2. The Morgan fingerprint density at radius 3 is 2.75 bits per heavy atom. The van der Waals surface area contributed by atoms with Crippen LogP contribution in [0.5, 0.6) is 11.8 Å². The van der Waals surface area contributed by atoms with Crippen molar-refractivity contribution in [3.05, 3.63) is 47.7 Å². The molecule has 4 aliphatic rings. The van der Waals surface area contributed by atoms with E-state index in [1.54, 1.807) is 6.20 Å². The van der Waals surface area contributed by atoms with Gasteiger partial charge in [0, 0.05) is 55.3 Å². The molecule has 48 heavy (non-hydrogen) atoms. The number of piperazine rings is 1. The monoisotopic (exact) mass is 916 g/mol. The molecule has 8 rings (SSSR count). The van der Waals surface area contributed by atoms with E-state index in [1.165, 1.54) is 35.6 Å². The van der Waals surface area contributed by atoms with Crippen molar-refractivity contribution in [1.82, 2.24) is 25.2 Å². The van der Waals surface area contributed by atoms with Crippen LogP contribution in [0.1, 0.15) is 37.7 Å². The number of rotatable bonds is 6. The Kier molecular flexibility index (Phi) is 9.24. The summed E-state index contributed by atoms with van der Waals surface area (Å²) < 4.78 is 52.7. The van der Waals surface area contributed by atoms with Crippen molar-refractivity contribution < 1.29 is 23.0 Å². The molecule has 0 radical (unpaired) electrons. The highest BCUT2D eigenvalue weighted by Crippen LogP contribution is 2.64. The van der Waals surface area contributed by atoms with E-state index in [0.29, 0.717) is 60.1 Å². The highest BCUT2D eigenvalue weighted by molar-refractivity contribution is 14.3. The Morgan fingerprint density at radius 2 is 1.96 bits per heavy atom. The van der Waals surface area contributed by atoms with Gasteiger partial charge < -0.3 is 20.1 Å². The van der Waals surface area contributed by atoms with Gasteiger partial charge in [0.15, 0.2) is 5.82 Å². The first kappa shape index (κ1) is 33.3. The summed E-state index contributed by atoms with van der Waals surface area (Å²) in [6.45, 7) is 2.81. The van der Waals surface area contributed by atoms with E-state index in [-0.39, 0.29) is 40.7 Å². The molecule has 4 atom stereocenters. The summed E-state index contributed by atoms with van der Waals surface area (Å²) in [6.07, 6.45) is 4.91. The van der Waals surface area contributed by atoms with E-state index in [9.17, 15) is 9.50 Å². The zero-order valence-corrected chi connectivity index (χ0v) is 31.6. The number of halogens is 5. The summed E-state index contributed by atoms with van der Waals surface area (Å²) in [6, 6.07) is 6.33. The number of benzene rings is 2. The minimum absolute atomic E-state index is 0.0120. The molecule has 2 aromatic heterocycles. The van der Waals surface area contributed by atoms with E-state index in [2.05, 4.69) is 80.3 Å². The SMILES string of the molecule is Oc1cc(-c2ncc3c(N4CC5CCC(C4)N5)nc(OC[C@@]45CCCN4C[C@H](F)C5)nc3c2F)c2c(C#CSP(I)I)c(F)ccc2c1. The molecular weight excluding hydrogens is 886 g/mol. The lowest BCUT2D eigenvalue weighted by atomic mass is 9.95. The first-order valence-electron chi connectivity index (χ1n) is 15.8. The topological polar surface area (TPSA) is 86.6 Å². The van der Waals surface area contributed by atoms with Gasteiger partial charge in [0.05, 0.1) is 18.9 Å². The number of nitrogens with one attached hydrogen (secondary N) is 1. The Bertz CT molecular complexity index is 1990. The summed E-state index contributed by atoms with van der Waals surface area (Å²) in [5, 5.41) is 18.6. The maximum Gasteiger partial charge on any atom is 0.319 e. The normalized spacial score (nSPS) is 25.2. The third-order valence-electron chi connectivity index (χ3n) is 9.99. The van der Waals surface area contributed by atoms with E-state index >= 15 is 8.78 Å². The summed E-state index contributed by atoms with van der Waals surface area (Å²) in [5.41, 5.74) is -0.204. The third kappa shape index (κ3) is 6.18. The van der Waals surface area contributed by atoms with Crippen LogP contribution < -0.4 is 15.0 Å². The molecule has 4 aliphatic heterocycles. The second-order valence-electron chi connectivity index (χ2n) is 13.0. The van der Waals surface area contributed by atoms with Crippen LogP contribution >= 0.6 is 57.9 Å². The minimum atomic E-state index is -0.912. The molecule has 15 heteroatoms. The van der Waals surface area contributed by atoms with E-state index in [0.717, 1.165) is 32.2 Å². The van der Waals surface area contributed by atoms with Crippen LogP contribution in [0, 0.1) is 22.8 Å². The van der Waals surface area contributed by atoms with Gasteiger partial charge >= 0.3 is 6.01 Å². The van der Waals surface area contributed by atoms with Gasteiger partial charge in [-0.15, -0.1) is 0 Å². The molecule has 2 unspecified atom stereocenters. The van der Waals surface area contributed by atoms with Crippen molar-refractivity contribution in [3.63, 3.8) is 0 Å². The molecule has 0 amide bonds. The number of aromatic hydroxyl groups is 1. The number of ether oxygens (including phenoxy) is 1. The fourth-order valence-electron chi connectivity index (χ4n) is 7.97. The summed E-state index contributed by atoms with van der Waals surface area (Å²) in [5.74, 6) is 2.06. The number of anilines is 1.